The number of amides is 2. The lowest BCUT2D eigenvalue weighted by molar-refractivity contribution is 0.230. The van der Waals surface area contributed by atoms with Crippen LogP contribution in [0.4, 0.5) is 4.79 Å². The number of hydrogen-bond acceptors (Lipinski definition) is 3. The van der Waals surface area contributed by atoms with Gasteiger partial charge in [0.1, 0.15) is 0 Å². The van der Waals surface area contributed by atoms with Crippen molar-refractivity contribution in [2.24, 2.45) is 0 Å². The molecule has 5 nitrogen and oxygen atoms in total. The Morgan fingerprint density at radius 3 is 2.00 bits per heavy atom. The van der Waals surface area contributed by atoms with Gasteiger partial charge >= 0.3 is 6.03 Å². The van der Waals surface area contributed by atoms with E-state index in [4.69, 9.17) is 0 Å². The molecule has 0 atom stereocenters. The standard InChI is InChI=1S/C4H9N2O3S/c1-5-4(7)6(2)10(3,8)9/h1-3H3. The van der Waals surface area contributed by atoms with Gasteiger partial charge in [0.25, 0.3) is 0 Å². The highest BCUT2D eigenvalue weighted by atomic mass is 32.2. The van der Waals surface area contributed by atoms with Crippen LogP contribution in [0.3, 0.4) is 0 Å². The first-order chi connectivity index (χ1) is 4.39. The number of hydrogen-bond donors (Lipinski definition) is 0. The summed E-state index contributed by atoms with van der Waals surface area (Å²) in [5.41, 5.74) is 0. The molecule has 2 amide bonds. The molecule has 1 radical (unpaired) electrons. The zero-order chi connectivity index (χ0) is 8.36. The second-order valence-electron chi connectivity index (χ2n) is 1.74. The number of sulfonamides is 1. The average molecular weight is 165 g/mol. The van der Waals surface area contributed by atoms with Gasteiger partial charge in [0.05, 0.1) is 6.26 Å². The van der Waals surface area contributed by atoms with Crippen LogP contribution >= 0.6 is 0 Å². The summed E-state index contributed by atoms with van der Waals surface area (Å²) in [4.78, 5) is 10.5. The maximum atomic E-state index is 10.6. The van der Waals surface area contributed by atoms with Crippen molar-refractivity contribution in [2.75, 3.05) is 20.4 Å². The first-order valence-electron chi connectivity index (χ1n) is 2.47. The molecule has 0 spiro atoms. The summed E-state index contributed by atoms with van der Waals surface area (Å²) in [5, 5.41) is 3.16. The van der Waals surface area contributed by atoms with Gasteiger partial charge in [-0.15, -0.1) is 0 Å². The summed E-state index contributed by atoms with van der Waals surface area (Å²) in [7, 11) is -1.03. The van der Waals surface area contributed by atoms with Crippen molar-refractivity contribution in [2.45, 2.75) is 0 Å². The van der Waals surface area contributed by atoms with E-state index in [1.807, 2.05) is 0 Å². The Morgan fingerprint density at radius 2 is 1.90 bits per heavy atom. The molecule has 0 bridgehead atoms. The molecule has 0 aromatic heterocycles. The lowest BCUT2D eigenvalue weighted by Crippen LogP contribution is -2.35. The van der Waals surface area contributed by atoms with E-state index in [1.165, 1.54) is 7.05 Å². The Morgan fingerprint density at radius 1 is 1.50 bits per heavy atom. The highest BCUT2D eigenvalue weighted by Gasteiger charge is 2.16. The van der Waals surface area contributed by atoms with Gasteiger partial charge in [-0.2, -0.15) is 0 Å². The van der Waals surface area contributed by atoms with Gasteiger partial charge in [-0.3, -0.25) is 0 Å². The molecule has 10 heavy (non-hydrogen) atoms. The maximum Gasteiger partial charge on any atom is 0.352 e. The van der Waals surface area contributed by atoms with Crippen molar-refractivity contribution < 1.29 is 13.2 Å². The molecule has 0 aliphatic carbocycles. The minimum atomic E-state index is -3.42. The van der Waals surface area contributed by atoms with Crippen molar-refractivity contribution in [3.8, 4) is 0 Å². The van der Waals surface area contributed by atoms with E-state index >= 15 is 0 Å². The van der Waals surface area contributed by atoms with E-state index in [0.29, 0.717) is 4.31 Å². The molecule has 0 unspecified atom stereocenters. The van der Waals surface area contributed by atoms with E-state index in [2.05, 4.69) is 5.32 Å². The summed E-state index contributed by atoms with van der Waals surface area (Å²) in [6, 6.07) is -0.762. The molecular weight excluding hydrogens is 156 g/mol. The van der Waals surface area contributed by atoms with Gasteiger partial charge in [-0.1, -0.05) is 0 Å². The highest BCUT2D eigenvalue weighted by molar-refractivity contribution is 7.88. The molecule has 0 fully saturated rings. The largest absolute Gasteiger partial charge is 0.352 e. The van der Waals surface area contributed by atoms with E-state index in [0.717, 1.165) is 13.3 Å². The quantitative estimate of drug-likeness (QED) is 0.512. The minimum absolute atomic E-state index is 0.576. The Hall–Kier alpha value is -0.780. The molecule has 0 rings (SSSR count). The molecular formula is C4H9N2O3S. The highest BCUT2D eigenvalue weighted by Crippen LogP contribution is 1.92. The van der Waals surface area contributed by atoms with Crippen molar-refractivity contribution in [1.82, 2.24) is 9.62 Å². The second-order valence-corrected chi connectivity index (χ2v) is 3.75. The summed E-state index contributed by atoms with van der Waals surface area (Å²) in [6.07, 6.45) is 0.941. The van der Waals surface area contributed by atoms with Crippen molar-refractivity contribution in [3.05, 3.63) is 0 Å². The van der Waals surface area contributed by atoms with Crippen LogP contribution in [0.1, 0.15) is 0 Å². The fraction of sp³-hybridized carbons (Fsp3) is 0.750. The van der Waals surface area contributed by atoms with E-state index < -0.39 is 16.1 Å². The van der Waals surface area contributed by atoms with Gasteiger partial charge in [-0.05, 0) is 0 Å². The van der Waals surface area contributed by atoms with Crippen molar-refractivity contribution in [1.29, 1.82) is 0 Å². The number of carbonyl (C=O) groups is 1. The van der Waals surface area contributed by atoms with E-state index in [9.17, 15) is 13.2 Å². The van der Waals surface area contributed by atoms with Crippen LogP contribution in [-0.2, 0) is 10.0 Å². The SMILES string of the molecule is C[N]C(=O)N(C)S(C)(=O)=O. The molecule has 0 N–H and O–H groups in total. The Bertz CT molecular complexity index is 221. The number of nitrogens with zero attached hydrogens (tertiary/aromatic N) is 2. The van der Waals surface area contributed by atoms with E-state index in [1.54, 1.807) is 0 Å². The molecule has 6 heteroatoms. The minimum Gasteiger partial charge on any atom is -0.245 e. The third-order valence-electron chi connectivity index (χ3n) is 0.958. The van der Waals surface area contributed by atoms with Gasteiger partial charge in [0.2, 0.25) is 10.0 Å². The third-order valence-corrected chi connectivity index (χ3v) is 2.11. The van der Waals surface area contributed by atoms with Crippen LogP contribution in [0, 0.1) is 0 Å². The first-order valence-corrected chi connectivity index (χ1v) is 4.32. The van der Waals surface area contributed by atoms with Gasteiger partial charge < -0.3 is 0 Å². The molecule has 0 heterocycles. The van der Waals surface area contributed by atoms with Crippen LogP contribution < -0.4 is 5.32 Å². The zero-order valence-corrected chi connectivity index (χ0v) is 6.84. The summed E-state index contributed by atoms with van der Waals surface area (Å²) < 4.78 is 21.7. The van der Waals surface area contributed by atoms with Gasteiger partial charge in [0.15, 0.2) is 0 Å². The van der Waals surface area contributed by atoms with Crippen LogP contribution in [0.2, 0.25) is 0 Å². The zero-order valence-electron chi connectivity index (χ0n) is 6.03. The molecule has 0 aliphatic rings. The summed E-state index contributed by atoms with van der Waals surface area (Å²) in [6.45, 7) is 0. The van der Waals surface area contributed by atoms with Crippen molar-refractivity contribution >= 4 is 16.1 Å². The van der Waals surface area contributed by atoms with Crippen LogP contribution in [0.5, 0.6) is 0 Å². The number of rotatable bonds is 1. The molecule has 0 saturated heterocycles. The fourth-order valence-corrected chi connectivity index (χ4v) is 0.648. The van der Waals surface area contributed by atoms with Crippen LogP contribution in [-0.4, -0.2) is 39.1 Å². The lowest BCUT2D eigenvalue weighted by atomic mass is 11.0. The van der Waals surface area contributed by atoms with Crippen LogP contribution in [0.25, 0.3) is 0 Å². The summed E-state index contributed by atoms with van der Waals surface area (Å²) >= 11 is 0. The Balaban J connectivity index is 4.39. The predicted octanol–water partition coefficient (Wildman–Crippen LogP) is -0.768. The lowest BCUT2D eigenvalue weighted by Gasteiger charge is -2.11. The maximum absolute atomic E-state index is 10.6. The topological polar surface area (TPSA) is 68.6 Å². The molecule has 0 aliphatic heterocycles. The first kappa shape index (κ1) is 9.22. The van der Waals surface area contributed by atoms with Gasteiger partial charge in [-0.25, -0.2) is 22.8 Å². The number of urea groups is 1. The molecule has 59 valence electrons. The fourth-order valence-electron chi connectivity index (χ4n) is 0.283. The van der Waals surface area contributed by atoms with Gasteiger partial charge in [0, 0.05) is 14.1 Å². The second kappa shape index (κ2) is 2.87. The smallest absolute Gasteiger partial charge is 0.245 e. The molecule has 0 aromatic carbocycles. The Kier molecular flexibility index (Phi) is 2.65. The monoisotopic (exact) mass is 165 g/mol. The summed E-state index contributed by atoms with van der Waals surface area (Å²) in [5.74, 6) is 0. The normalized spacial score (nSPS) is 10.7. The molecule has 0 saturated carbocycles. The number of carbonyl (C=O) groups excluding carboxylic acids is 1. The Labute approximate surface area is 60.1 Å². The van der Waals surface area contributed by atoms with Crippen molar-refractivity contribution in [3.63, 3.8) is 0 Å². The van der Waals surface area contributed by atoms with E-state index in [-0.39, 0.29) is 0 Å². The van der Waals surface area contributed by atoms with Crippen LogP contribution in [0.15, 0.2) is 0 Å². The third kappa shape index (κ3) is 2.22. The average Bonchev–Trinajstić information content (AvgIpc) is 1.83. The molecule has 0 aromatic rings. The predicted molar refractivity (Wildman–Crippen MR) is 36.1 cm³/mol.